The quantitative estimate of drug-likeness (QED) is 0.852. The molecule has 0 aliphatic heterocycles. The van der Waals surface area contributed by atoms with Crippen LogP contribution in [-0.2, 0) is 24.7 Å². The van der Waals surface area contributed by atoms with Crippen LogP contribution in [0.15, 0.2) is 30.5 Å². The maximum absolute atomic E-state index is 13.5. The van der Waals surface area contributed by atoms with Gasteiger partial charge in [-0.15, -0.1) is 0 Å². The van der Waals surface area contributed by atoms with E-state index in [0.29, 0.717) is 5.69 Å². The third-order valence-corrected chi connectivity index (χ3v) is 2.94. The molecule has 0 radical (unpaired) electrons. The highest BCUT2D eigenvalue weighted by atomic mass is 35.5. The van der Waals surface area contributed by atoms with E-state index >= 15 is 0 Å². The second-order valence-electron chi connectivity index (χ2n) is 4.07. The number of ketones is 1. The van der Waals surface area contributed by atoms with E-state index in [1.54, 1.807) is 30.1 Å². The Hall–Kier alpha value is -1.68. The van der Waals surface area contributed by atoms with Crippen LogP contribution in [0.25, 0.3) is 0 Å². The van der Waals surface area contributed by atoms with Gasteiger partial charge in [0.2, 0.25) is 0 Å². The molecule has 2 aromatic rings. The standard InChI is InChI=1S/C13H12ClFN2O/c1-17-6-5-9(16-17)7-10(18)8-11-12(14)3-2-4-13(11)15/h2-6H,7-8H2,1H3. The van der Waals surface area contributed by atoms with Crippen LogP contribution in [0.4, 0.5) is 4.39 Å². The van der Waals surface area contributed by atoms with Crippen molar-refractivity contribution in [3.8, 4) is 0 Å². The first kappa shape index (κ1) is 12.8. The minimum atomic E-state index is -0.447. The lowest BCUT2D eigenvalue weighted by Gasteiger charge is -2.04. The maximum Gasteiger partial charge on any atom is 0.143 e. The van der Waals surface area contributed by atoms with Crippen molar-refractivity contribution in [3.05, 3.63) is 52.6 Å². The second kappa shape index (κ2) is 5.31. The predicted molar refractivity (Wildman–Crippen MR) is 67.0 cm³/mol. The van der Waals surface area contributed by atoms with Crippen LogP contribution < -0.4 is 0 Å². The van der Waals surface area contributed by atoms with Gasteiger partial charge in [-0.3, -0.25) is 9.48 Å². The molecule has 0 saturated carbocycles. The van der Waals surface area contributed by atoms with E-state index in [4.69, 9.17) is 11.6 Å². The highest BCUT2D eigenvalue weighted by Gasteiger charge is 2.13. The Morgan fingerprint density at radius 1 is 1.39 bits per heavy atom. The van der Waals surface area contributed by atoms with Crippen LogP contribution in [0.3, 0.4) is 0 Å². The molecular weight excluding hydrogens is 255 g/mol. The molecule has 0 spiro atoms. The van der Waals surface area contributed by atoms with Crippen LogP contribution in [0, 0.1) is 5.82 Å². The van der Waals surface area contributed by atoms with Crippen LogP contribution >= 0.6 is 11.6 Å². The van der Waals surface area contributed by atoms with Gasteiger partial charge in [-0.1, -0.05) is 17.7 Å². The molecule has 1 heterocycles. The molecular formula is C13H12ClFN2O. The lowest BCUT2D eigenvalue weighted by molar-refractivity contribution is -0.117. The topological polar surface area (TPSA) is 34.9 Å². The Morgan fingerprint density at radius 2 is 2.17 bits per heavy atom. The van der Waals surface area contributed by atoms with Gasteiger partial charge in [0.15, 0.2) is 0 Å². The largest absolute Gasteiger partial charge is 0.299 e. The molecule has 0 saturated heterocycles. The number of benzene rings is 1. The number of carbonyl (C=O) groups excluding carboxylic acids is 1. The summed E-state index contributed by atoms with van der Waals surface area (Å²) in [5.74, 6) is -0.558. The zero-order chi connectivity index (χ0) is 13.1. The minimum Gasteiger partial charge on any atom is -0.299 e. The smallest absolute Gasteiger partial charge is 0.143 e. The number of aromatic nitrogens is 2. The van der Waals surface area contributed by atoms with Gasteiger partial charge in [0.1, 0.15) is 11.6 Å². The zero-order valence-corrected chi connectivity index (χ0v) is 10.6. The molecule has 0 aliphatic rings. The fourth-order valence-electron chi connectivity index (χ4n) is 1.72. The van der Waals surface area contributed by atoms with E-state index in [1.165, 1.54) is 12.1 Å². The van der Waals surface area contributed by atoms with E-state index in [9.17, 15) is 9.18 Å². The number of Topliss-reactive ketones (excluding diaryl/α,β-unsaturated/α-hetero) is 1. The van der Waals surface area contributed by atoms with E-state index in [-0.39, 0.29) is 29.2 Å². The number of halogens is 2. The summed E-state index contributed by atoms with van der Waals surface area (Å²) in [6.45, 7) is 0. The Kier molecular flexibility index (Phi) is 3.77. The van der Waals surface area contributed by atoms with E-state index in [0.717, 1.165) is 0 Å². The third kappa shape index (κ3) is 2.96. The molecule has 0 N–H and O–H groups in total. The number of hydrogen-bond donors (Lipinski definition) is 0. The summed E-state index contributed by atoms with van der Waals surface area (Å²) in [4.78, 5) is 11.8. The number of carbonyl (C=O) groups is 1. The van der Waals surface area contributed by atoms with Crippen LogP contribution in [0.1, 0.15) is 11.3 Å². The van der Waals surface area contributed by atoms with E-state index in [1.807, 2.05) is 0 Å². The first-order chi connectivity index (χ1) is 8.56. The van der Waals surface area contributed by atoms with Gasteiger partial charge >= 0.3 is 0 Å². The zero-order valence-electron chi connectivity index (χ0n) is 9.86. The highest BCUT2D eigenvalue weighted by molar-refractivity contribution is 6.31. The average Bonchev–Trinajstić information content (AvgIpc) is 2.69. The monoisotopic (exact) mass is 266 g/mol. The summed E-state index contributed by atoms with van der Waals surface area (Å²) < 4.78 is 15.1. The van der Waals surface area contributed by atoms with Gasteiger partial charge < -0.3 is 0 Å². The van der Waals surface area contributed by atoms with Crippen molar-refractivity contribution in [2.75, 3.05) is 0 Å². The second-order valence-corrected chi connectivity index (χ2v) is 4.48. The Labute approximate surface area is 109 Å². The molecule has 94 valence electrons. The first-order valence-electron chi connectivity index (χ1n) is 5.49. The molecule has 0 amide bonds. The minimum absolute atomic E-state index is 0.0118. The third-order valence-electron chi connectivity index (χ3n) is 2.58. The fourth-order valence-corrected chi connectivity index (χ4v) is 1.95. The summed E-state index contributed by atoms with van der Waals surface area (Å²) in [5, 5.41) is 4.39. The summed E-state index contributed by atoms with van der Waals surface area (Å²) in [6.07, 6.45) is 1.94. The van der Waals surface area contributed by atoms with Crippen molar-refractivity contribution in [2.45, 2.75) is 12.8 Å². The molecule has 0 unspecified atom stereocenters. The van der Waals surface area contributed by atoms with Gasteiger partial charge in [-0.2, -0.15) is 5.10 Å². The molecule has 5 heteroatoms. The van der Waals surface area contributed by atoms with Crippen molar-refractivity contribution in [1.29, 1.82) is 0 Å². The van der Waals surface area contributed by atoms with Crippen LogP contribution in [0.5, 0.6) is 0 Å². The molecule has 0 bridgehead atoms. The van der Waals surface area contributed by atoms with Gasteiger partial charge in [-0.25, -0.2) is 4.39 Å². The Balaban J connectivity index is 2.08. The summed E-state index contributed by atoms with van der Waals surface area (Å²) in [5.41, 5.74) is 0.926. The van der Waals surface area contributed by atoms with Crippen LogP contribution in [0.2, 0.25) is 5.02 Å². The Bertz CT molecular complexity index is 560. The van der Waals surface area contributed by atoms with Crippen molar-refractivity contribution in [1.82, 2.24) is 9.78 Å². The fraction of sp³-hybridized carbons (Fsp3) is 0.231. The predicted octanol–water partition coefficient (Wildman–Crippen LogP) is 2.57. The van der Waals surface area contributed by atoms with Gasteiger partial charge in [0, 0.05) is 30.3 Å². The van der Waals surface area contributed by atoms with Gasteiger partial charge in [0.05, 0.1) is 12.1 Å². The van der Waals surface area contributed by atoms with Crippen molar-refractivity contribution in [2.24, 2.45) is 7.05 Å². The lowest BCUT2D eigenvalue weighted by Crippen LogP contribution is -2.09. The van der Waals surface area contributed by atoms with Gasteiger partial charge in [-0.05, 0) is 18.2 Å². The SMILES string of the molecule is Cn1ccc(CC(=O)Cc2c(F)cccc2Cl)n1. The van der Waals surface area contributed by atoms with Crippen molar-refractivity contribution in [3.63, 3.8) is 0 Å². The molecule has 0 aliphatic carbocycles. The summed E-state index contributed by atoms with van der Waals surface area (Å²) in [6, 6.07) is 6.16. The molecule has 0 fully saturated rings. The van der Waals surface area contributed by atoms with Gasteiger partial charge in [0.25, 0.3) is 0 Å². The molecule has 1 aromatic heterocycles. The van der Waals surface area contributed by atoms with Crippen LogP contribution in [-0.4, -0.2) is 15.6 Å². The average molecular weight is 267 g/mol. The normalized spacial score (nSPS) is 10.6. The maximum atomic E-state index is 13.5. The summed E-state index contributed by atoms with van der Waals surface area (Å²) in [7, 11) is 1.78. The van der Waals surface area contributed by atoms with Crippen molar-refractivity contribution < 1.29 is 9.18 Å². The number of aryl methyl sites for hydroxylation is 1. The number of rotatable bonds is 4. The summed E-state index contributed by atoms with van der Waals surface area (Å²) >= 11 is 5.87. The van der Waals surface area contributed by atoms with E-state index in [2.05, 4.69) is 5.10 Å². The van der Waals surface area contributed by atoms with E-state index < -0.39 is 5.82 Å². The lowest BCUT2D eigenvalue weighted by atomic mass is 10.1. The Morgan fingerprint density at radius 3 is 2.78 bits per heavy atom. The molecule has 1 aromatic carbocycles. The molecule has 18 heavy (non-hydrogen) atoms. The first-order valence-corrected chi connectivity index (χ1v) is 5.87. The highest BCUT2D eigenvalue weighted by Crippen LogP contribution is 2.20. The number of nitrogens with zero attached hydrogens (tertiary/aromatic N) is 2. The molecule has 0 atom stereocenters. The molecule has 2 rings (SSSR count). The molecule has 3 nitrogen and oxygen atoms in total. The van der Waals surface area contributed by atoms with Crippen molar-refractivity contribution >= 4 is 17.4 Å². The number of hydrogen-bond acceptors (Lipinski definition) is 2.